The lowest BCUT2D eigenvalue weighted by molar-refractivity contribution is 0.120. The van der Waals surface area contributed by atoms with E-state index in [4.69, 9.17) is 23.2 Å². The van der Waals surface area contributed by atoms with Crippen molar-refractivity contribution in [3.05, 3.63) is 33.8 Å². The topological polar surface area (TPSA) is 12.0 Å². The van der Waals surface area contributed by atoms with Crippen molar-refractivity contribution < 1.29 is 0 Å². The van der Waals surface area contributed by atoms with Gasteiger partial charge in [0.2, 0.25) is 0 Å². The SMILES string of the molecule is CC1(C)C2CCC1(C)C(NCc1ccc(Cl)cc1Cl)C2. The largest absolute Gasteiger partial charge is 0.309 e. The molecule has 0 amide bonds. The van der Waals surface area contributed by atoms with Gasteiger partial charge in [0.1, 0.15) is 0 Å². The predicted octanol–water partition coefficient (Wildman–Crippen LogP) is 5.30. The van der Waals surface area contributed by atoms with Crippen LogP contribution in [0.2, 0.25) is 10.0 Å². The summed E-state index contributed by atoms with van der Waals surface area (Å²) in [6.45, 7) is 8.18. The van der Waals surface area contributed by atoms with Gasteiger partial charge in [-0.05, 0) is 53.7 Å². The van der Waals surface area contributed by atoms with Crippen molar-refractivity contribution in [2.45, 2.75) is 52.6 Å². The van der Waals surface area contributed by atoms with Gasteiger partial charge in [0.25, 0.3) is 0 Å². The molecule has 1 nitrogen and oxygen atoms in total. The standard InChI is InChI=1S/C17H23Cl2N/c1-16(2)12-6-7-17(16,3)15(8-12)20-10-11-4-5-13(18)9-14(11)19/h4-5,9,12,15,20H,6-8,10H2,1-3H3. The van der Waals surface area contributed by atoms with Gasteiger partial charge in [-0.25, -0.2) is 0 Å². The Morgan fingerprint density at radius 2 is 2.00 bits per heavy atom. The van der Waals surface area contributed by atoms with Crippen LogP contribution in [0.25, 0.3) is 0 Å². The zero-order chi connectivity index (χ0) is 14.5. The highest BCUT2D eigenvalue weighted by Crippen LogP contribution is 2.65. The second-order valence-corrected chi connectivity index (χ2v) is 8.12. The highest BCUT2D eigenvalue weighted by atomic mass is 35.5. The van der Waals surface area contributed by atoms with Crippen LogP contribution in [-0.4, -0.2) is 6.04 Å². The quantitative estimate of drug-likeness (QED) is 0.799. The summed E-state index contributed by atoms with van der Waals surface area (Å²) >= 11 is 12.2. The summed E-state index contributed by atoms with van der Waals surface area (Å²) in [5.74, 6) is 0.866. The van der Waals surface area contributed by atoms with Crippen molar-refractivity contribution in [1.29, 1.82) is 0 Å². The first-order chi connectivity index (χ1) is 9.34. The lowest BCUT2D eigenvalue weighted by atomic mass is 9.69. The van der Waals surface area contributed by atoms with Gasteiger partial charge in [0.15, 0.2) is 0 Å². The van der Waals surface area contributed by atoms with Crippen molar-refractivity contribution in [2.75, 3.05) is 0 Å². The molecule has 2 bridgehead atoms. The molecule has 2 aliphatic carbocycles. The second-order valence-electron chi connectivity index (χ2n) is 7.28. The van der Waals surface area contributed by atoms with E-state index in [0.717, 1.165) is 23.0 Å². The third kappa shape index (κ3) is 2.10. The molecule has 0 radical (unpaired) electrons. The maximum absolute atomic E-state index is 6.26. The summed E-state index contributed by atoms with van der Waals surface area (Å²) in [6, 6.07) is 6.37. The molecule has 0 aliphatic heterocycles. The Morgan fingerprint density at radius 1 is 1.25 bits per heavy atom. The molecule has 3 unspecified atom stereocenters. The first-order valence-corrected chi connectivity index (χ1v) is 8.27. The molecular formula is C17H23Cl2N. The molecule has 3 atom stereocenters. The Morgan fingerprint density at radius 3 is 2.55 bits per heavy atom. The van der Waals surface area contributed by atoms with Crippen LogP contribution in [0.3, 0.4) is 0 Å². The fourth-order valence-corrected chi connectivity index (χ4v) is 4.89. The number of fused-ring (bicyclic) bond motifs is 2. The molecule has 0 spiro atoms. The van der Waals surface area contributed by atoms with Crippen molar-refractivity contribution in [2.24, 2.45) is 16.7 Å². The highest BCUT2D eigenvalue weighted by Gasteiger charge is 2.60. The number of hydrogen-bond acceptors (Lipinski definition) is 1. The summed E-state index contributed by atoms with van der Waals surface area (Å²) in [6.07, 6.45) is 4.04. The average Bonchev–Trinajstić information content (AvgIpc) is 2.70. The maximum atomic E-state index is 6.26. The fourth-order valence-electron chi connectivity index (χ4n) is 4.41. The third-order valence-electron chi connectivity index (χ3n) is 6.35. The van der Waals surface area contributed by atoms with E-state index in [1.165, 1.54) is 19.3 Å². The van der Waals surface area contributed by atoms with Crippen LogP contribution >= 0.6 is 23.2 Å². The Balaban J connectivity index is 1.71. The van der Waals surface area contributed by atoms with Crippen molar-refractivity contribution in [3.63, 3.8) is 0 Å². The van der Waals surface area contributed by atoms with E-state index in [1.807, 2.05) is 18.2 Å². The fraction of sp³-hybridized carbons (Fsp3) is 0.647. The number of halogens is 2. The van der Waals surface area contributed by atoms with E-state index < -0.39 is 0 Å². The Bertz CT molecular complexity index is 526. The summed E-state index contributed by atoms with van der Waals surface area (Å²) in [5, 5.41) is 5.22. The molecule has 3 heteroatoms. The molecule has 3 rings (SSSR count). The number of nitrogens with one attached hydrogen (secondary N) is 1. The van der Waals surface area contributed by atoms with Gasteiger partial charge in [0, 0.05) is 22.6 Å². The van der Waals surface area contributed by atoms with Crippen LogP contribution in [0, 0.1) is 16.7 Å². The first-order valence-electron chi connectivity index (χ1n) is 7.52. The van der Waals surface area contributed by atoms with Crippen LogP contribution in [0.1, 0.15) is 45.6 Å². The van der Waals surface area contributed by atoms with Crippen LogP contribution in [0.15, 0.2) is 18.2 Å². The first kappa shape index (κ1) is 14.7. The minimum Gasteiger partial charge on any atom is -0.309 e. The molecular weight excluding hydrogens is 289 g/mol. The molecule has 0 aromatic heterocycles. The molecule has 0 heterocycles. The van der Waals surface area contributed by atoms with Gasteiger partial charge in [-0.15, -0.1) is 0 Å². The van der Waals surface area contributed by atoms with E-state index in [0.29, 0.717) is 21.9 Å². The Labute approximate surface area is 132 Å². The molecule has 1 aromatic rings. The van der Waals surface area contributed by atoms with Crippen LogP contribution in [-0.2, 0) is 6.54 Å². The second kappa shape index (κ2) is 4.90. The number of rotatable bonds is 3. The zero-order valence-corrected chi connectivity index (χ0v) is 14.0. The smallest absolute Gasteiger partial charge is 0.0465 e. The lowest BCUT2D eigenvalue weighted by Gasteiger charge is -2.39. The average molecular weight is 312 g/mol. The van der Waals surface area contributed by atoms with E-state index >= 15 is 0 Å². The van der Waals surface area contributed by atoms with E-state index in [1.54, 1.807) is 0 Å². The Hall–Kier alpha value is -0.240. The van der Waals surface area contributed by atoms with Gasteiger partial charge < -0.3 is 5.32 Å². The van der Waals surface area contributed by atoms with Gasteiger partial charge in [0.05, 0.1) is 0 Å². The van der Waals surface area contributed by atoms with E-state index in [9.17, 15) is 0 Å². The van der Waals surface area contributed by atoms with Gasteiger partial charge in [-0.1, -0.05) is 50.0 Å². The summed E-state index contributed by atoms with van der Waals surface area (Å²) in [5.41, 5.74) is 2.01. The minimum atomic E-state index is 0.413. The maximum Gasteiger partial charge on any atom is 0.0465 e. The lowest BCUT2D eigenvalue weighted by Crippen LogP contribution is -2.44. The minimum absolute atomic E-state index is 0.413. The predicted molar refractivity (Wildman–Crippen MR) is 86.3 cm³/mol. The van der Waals surface area contributed by atoms with Crippen molar-refractivity contribution in [1.82, 2.24) is 5.32 Å². The summed E-state index contributed by atoms with van der Waals surface area (Å²) in [4.78, 5) is 0. The molecule has 20 heavy (non-hydrogen) atoms. The monoisotopic (exact) mass is 311 g/mol. The van der Waals surface area contributed by atoms with Crippen LogP contribution in [0.4, 0.5) is 0 Å². The number of hydrogen-bond donors (Lipinski definition) is 1. The van der Waals surface area contributed by atoms with Crippen molar-refractivity contribution in [3.8, 4) is 0 Å². The molecule has 2 aliphatic rings. The van der Waals surface area contributed by atoms with Gasteiger partial charge in [-0.3, -0.25) is 0 Å². The molecule has 0 saturated heterocycles. The summed E-state index contributed by atoms with van der Waals surface area (Å²) in [7, 11) is 0. The Kier molecular flexibility index (Phi) is 3.60. The highest BCUT2D eigenvalue weighted by molar-refractivity contribution is 6.35. The van der Waals surface area contributed by atoms with E-state index in [-0.39, 0.29) is 0 Å². The molecule has 110 valence electrons. The van der Waals surface area contributed by atoms with Gasteiger partial charge >= 0.3 is 0 Å². The molecule has 1 N–H and O–H groups in total. The zero-order valence-electron chi connectivity index (χ0n) is 12.5. The summed E-state index contributed by atoms with van der Waals surface area (Å²) < 4.78 is 0. The van der Waals surface area contributed by atoms with Crippen LogP contribution in [0.5, 0.6) is 0 Å². The third-order valence-corrected chi connectivity index (χ3v) is 6.94. The van der Waals surface area contributed by atoms with E-state index in [2.05, 4.69) is 26.1 Å². The molecule has 2 saturated carbocycles. The van der Waals surface area contributed by atoms with Crippen molar-refractivity contribution >= 4 is 23.2 Å². The van der Waals surface area contributed by atoms with Gasteiger partial charge in [-0.2, -0.15) is 0 Å². The molecule has 2 fully saturated rings. The normalized spacial score (nSPS) is 34.6. The molecule has 1 aromatic carbocycles. The number of benzene rings is 1. The van der Waals surface area contributed by atoms with Crippen LogP contribution < -0.4 is 5.32 Å².